The van der Waals surface area contributed by atoms with Crippen LogP contribution >= 0.6 is 0 Å². The van der Waals surface area contributed by atoms with Crippen LogP contribution in [0.5, 0.6) is 0 Å². The Morgan fingerprint density at radius 3 is 2.81 bits per heavy atom. The topological polar surface area (TPSA) is 23.8 Å². The van der Waals surface area contributed by atoms with Crippen molar-refractivity contribution >= 4 is 0 Å². The van der Waals surface area contributed by atoms with Crippen molar-refractivity contribution in [3.05, 3.63) is 23.3 Å². The van der Waals surface area contributed by atoms with Gasteiger partial charge >= 0.3 is 0 Å². The summed E-state index contributed by atoms with van der Waals surface area (Å²) >= 11 is 0. The minimum atomic E-state index is 0.353. The van der Waals surface area contributed by atoms with E-state index in [0.717, 1.165) is 18.8 Å². The fraction of sp³-hybridized carbons (Fsp3) is 0.667. The molecule has 0 saturated heterocycles. The molecule has 16 heavy (non-hydrogen) atoms. The molecule has 0 saturated carbocycles. The van der Waals surface area contributed by atoms with Crippen LogP contribution in [0.2, 0.25) is 0 Å². The number of hydrogen-bond donors (Lipinski definition) is 0. The van der Waals surface area contributed by atoms with Gasteiger partial charge in [0.15, 0.2) is 0 Å². The van der Waals surface area contributed by atoms with E-state index in [0.29, 0.717) is 11.8 Å². The van der Waals surface area contributed by atoms with Crippen LogP contribution in [0.4, 0.5) is 0 Å². The highest BCUT2D eigenvalue weighted by atomic mass is 14.4. The molecule has 1 aliphatic rings. The maximum Gasteiger partial charge on any atom is 0.0625 e. The molecule has 1 unspecified atom stereocenters. The van der Waals surface area contributed by atoms with Gasteiger partial charge in [-0.1, -0.05) is 37.1 Å². The molecule has 1 aliphatic carbocycles. The second kappa shape index (κ2) is 5.34. The van der Waals surface area contributed by atoms with Crippen molar-refractivity contribution in [3.63, 3.8) is 0 Å². The average molecular weight is 217 g/mol. The third kappa shape index (κ3) is 2.98. The average Bonchev–Trinajstić information content (AvgIpc) is 2.49. The van der Waals surface area contributed by atoms with E-state index in [4.69, 9.17) is 5.26 Å². The molecule has 0 radical (unpaired) electrons. The lowest BCUT2D eigenvalue weighted by Gasteiger charge is -2.29. The fourth-order valence-electron chi connectivity index (χ4n) is 2.29. The Morgan fingerprint density at radius 2 is 2.31 bits per heavy atom. The molecule has 0 aromatic rings. The van der Waals surface area contributed by atoms with Gasteiger partial charge in [-0.15, -0.1) is 0 Å². The molecule has 0 aromatic heterocycles. The second-order valence-corrected chi connectivity index (χ2v) is 5.49. The molecular weight excluding hydrogens is 194 g/mol. The van der Waals surface area contributed by atoms with Crippen LogP contribution in [0, 0.1) is 22.7 Å². The summed E-state index contributed by atoms with van der Waals surface area (Å²) in [6.07, 6.45) is 8.64. The lowest BCUT2D eigenvalue weighted by atomic mass is 9.76. The molecule has 0 aliphatic heterocycles. The highest BCUT2D eigenvalue weighted by Crippen LogP contribution is 2.44. The zero-order chi connectivity index (χ0) is 12.2. The maximum atomic E-state index is 8.53. The number of hydrogen-bond acceptors (Lipinski definition) is 1. The summed E-state index contributed by atoms with van der Waals surface area (Å²) in [7, 11) is 0. The Bertz CT molecular complexity index is 339. The second-order valence-electron chi connectivity index (χ2n) is 5.49. The first-order chi connectivity index (χ1) is 7.48. The number of rotatable bonds is 4. The van der Waals surface area contributed by atoms with Gasteiger partial charge in [0.05, 0.1) is 6.07 Å². The van der Waals surface area contributed by atoms with Crippen LogP contribution in [-0.2, 0) is 0 Å². The lowest BCUT2D eigenvalue weighted by molar-refractivity contribution is 0.294. The van der Waals surface area contributed by atoms with Gasteiger partial charge in [0, 0.05) is 6.42 Å². The third-order valence-electron chi connectivity index (χ3n) is 4.13. The largest absolute Gasteiger partial charge is 0.198 e. The van der Waals surface area contributed by atoms with Crippen LogP contribution in [-0.4, -0.2) is 0 Å². The van der Waals surface area contributed by atoms with Crippen molar-refractivity contribution in [2.24, 2.45) is 11.3 Å². The zero-order valence-corrected chi connectivity index (χ0v) is 11.0. The van der Waals surface area contributed by atoms with Gasteiger partial charge in [0.25, 0.3) is 0 Å². The summed E-state index contributed by atoms with van der Waals surface area (Å²) < 4.78 is 0. The van der Waals surface area contributed by atoms with Gasteiger partial charge in [-0.25, -0.2) is 0 Å². The summed E-state index contributed by atoms with van der Waals surface area (Å²) in [4.78, 5) is 0. The van der Waals surface area contributed by atoms with Crippen molar-refractivity contribution in [1.29, 1.82) is 5.26 Å². The van der Waals surface area contributed by atoms with Crippen LogP contribution in [0.25, 0.3) is 0 Å². The first kappa shape index (κ1) is 13.0. The van der Waals surface area contributed by atoms with Gasteiger partial charge in [0.1, 0.15) is 0 Å². The van der Waals surface area contributed by atoms with E-state index in [9.17, 15) is 0 Å². The van der Waals surface area contributed by atoms with Gasteiger partial charge in [-0.3, -0.25) is 0 Å². The minimum absolute atomic E-state index is 0.353. The number of allylic oxidation sites excluding steroid dienone is 4. The summed E-state index contributed by atoms with van der Waals surface area (Å²) in [5.41, 5.74) is 3.24. The first-order valence-corrected chi connectivity index (χ1v) is 6.18. The lowest BCUT2D eigenvalue weighted by Crippen LogP contribution is -2.19. The van der Waals surface area contributed by atoms with E-state index in [1.165, 1.54) is 17.6 Å². The monoisotopic (exact) mass is 217 g/mol. The summed E-state index contributed by atoms with van der Waals surface area (Å²) in [5, 5.41) is 8.53. The van der Waals surface area contributed by atoms with Crippen molar-refractivity contribution in [3.8, 4) is 6.07 Å². The highest BCUT2D eigenvalue weighted by molar-refractivity contribution is 5.19. The van der Waals surface area contributed by atoms with Gasteiger partial charge in [0.2, 0.25) is 0 Å². The predicted octanol–water partition coefficient (Wildman–Crippen LogP) is 4.62. The molecule has 1 rings (SSSR count). The standard InChI is InChI=1S/C15H23N/c1-12(6-5-11-16)7-9-14-10-8-13(2)15(14,3)4/h7-8,14H,5-6,9-10H2,1-4H3/b12-7-. The fourth-order valence-corrected chi connectivity index (χ4v) is 2.29. The Kier molecular flexibility index (Phi) is 4.35. The van der Waals surface area contributed by atoms with E-state index >= 15 is 0 Å². The Morgan fingerprint density at radius 1 is 1.62 bits per heavy atom. The SMILES string of the molecule is CC1=CCC(C/C=C(/C)CCC#N)C1(C)C. The number of nitriles is 1. The van der Waals surface area contributed by atoms with E-state index in [2.05, 4.69) is 45.9 Å². The van der Waals surface area contributed by atoms with Gasteiger partial charge < -0.3 is 0 Å². The molecule has 0 N–H and O–H groups in total. The molecule has 0 amide bonds. The summed E-state index contributed by atoms with van der Waals surface area (Å²) in [6.45, 7) is 9.07. The van der Waals surface area contributed by atoms with Crippen LogP contribution in [0.1, 0.15) is 53.4 Å². The molecular formula is C15H23N. The van der Waals surface area contributed by atoms with Crippen LogP contribution in [0.3, 0.4) is 0 Å². The molecule has 88 valence electrons. The molecule has 0 bridgehead atoms. The maximum absolute atomic E-state index is 8.53. The van der Waals surface area contributed by atoms with Crippen molar-refractivity contribution in [2.45, 2.75) is 53.4 Å². The zero-order valence-electron chi connectivity index (χ0n) is 11.0. The van der Waals surface area contributed by atoms with Crippen molar-refractivity contribution in [2.75, 3.05) is 0 Å². The summed E-state index contributed by atoms with van der Waals surface area (Å²) in [5.74, 6) is 0.740. The van der Waals surface area contributed by atoms with E-state index < -0.39 is 0 Å². The number of nitrogens with zero attached hydrogens (tertiary/aromatic N) is 1. The van der Waals surface area contributed by atoms with Gasteiger partial charge in [-0.2, -0.15) is 5.26 Å². The third-order valence-corrected chi connectivity index (χ3v) is 4.13. The Labute approximate surface area is 99.9 Å². The van der Waals surface area contributed by atoms with Crippen molar-refractivity contribution < 1.29 is 0 Å². The smallest absolute Gasteiger partial charge is 0.0625 e. The van der Waals surface area contributed by atoms with Crippen LogP contribution in [0.15, 0.2) is 23.3 Å². The van der Waals surface area contributed by atoms with E-state index in [1.807, 2.05) is 0 Å². The molecule has 0 heterocycles. The molecule has 1 atom stereocenters. The van der Waals surface area contributed by atoms with E-state index in [-0.39, 0.29) is 0 Å². The molecule has 0 aromatic carbocycles. The van der Waals surface area contributed by atoms with Crippen LogP contribution < -0.4 is 0 Å². The quantitative estimate of drug-likeness (QED) is 0.630. The first-order valence-electron chi connectivity index (χ1n) is 6.18. The molecule has 0 spiro atoms. The normalized spacial score (nSPS) is 24.1. The molecule has 0 fully saturated rings. The highest BCUT2D eigenvalue weighted by Gasteiger charge is 2.33. The Hall–Kier alpha value is -1.03. The molecule has 1 nitrogen and oxygen atoms in total. The van der Waals surface area contributed by atoms with Crippen molar-refractivity contribution in [1.82, 2.24) is 0 Å². The summed E-state index contributed by atoms with van der Waals surface area (Å²) in [6, 6.07) is 2.20. The van der Waals surface area contributed by atoms with E-state index in [1.54, 1.807) is 0 Å². The van der Waals surface area contributed by atoms with Gasteiger partial charge in [-0.05, 0) is 44.4 Å². The predicted molar refractivity (Wildman–Crippen MR) is 68.9 cm³/mol. The Balaban J connectivity index is 2.49. The minimum Gasteiger partial charge on any atom is -0.198 e. The molecule has 1 heteroatoms.